The Bertz CT molecular complexity index is 1220. The first-order valence-corrected chi connectivity index (χ1v) is 23.1. The van der Waals surface area contributed by atoms with Gasteiger partial charge in [0, 0.05) is 12.8 Å². The van der Waals surface area contributed by atoms with E-state index in [9.17, 15) is 14.7 Å². The topological polar surface area (TPSA) is 72.8 Å². The molecular formula is C53H84O5. The minimum Gasteiger partial charge on any atom is -0.462 e. The zero-order chi connectivity index (χ0) is 42.1. The fourth-order valence-electron chi connectivity index (χ4n) is 5.82. The third-order valence-electron chi connectivity index (χ3n) is 9.27. The maximum absolute atomic E-state index is 12.1. The predicted molar refractivity (Wildman–Crippen MR) is 251 cm³/mol. The largest absolute Gasteiger partial charge is 0.462 e. The highest BCUT2D eigenvalue weighted by Crippen LogP contribution is 2.12. The Morgan fingerprint density at radius 1 is 0.414 bits per heavy atom. The smallest absolute Gasteiger partial charge is 0.306 e. The molecule has 0 rings (SSSR count). The predicted octanol–water partition coefficient (Wildman–Crippen LogP) is 15.2. The number of hydrogen-bond acceptors (Lipinski definition) is 5. The number of esters is 2. The second-order valence-electron chi connectivity index (χ2n) is 14.8. The van der Waals surface area contributed by atoms with Crippen LogP contribution in [0.3, 0.4) is 0 Å². The highest BCUT2D eigenvalue weighted by atomic mass is 16.6. The number of carbonyl (C=O) groups excluding carboxylic acids is 2. The van der Waals surface area contributed by atoms with Crippen molar-refractivity contribution in [3.05, 3.63) is 122 Å². The van der Waals surface area contributed by atoms with Gasteiger partial charge in [-0.05, 0) is 89.9 Å². The average Bonchev–Trinajstić information content (AvgIpc) is 3.23. The summed E-state index contributed by atoms with van der Waals surface area (Å²) in [5.74, 6) is -0.624. The summed E-state index contributed by atoms with van der Waals surface area (Å²) in [5.41, 5.74) is 0. The first kappa shape index (κ1) is 54.3. The molecule has 0 saturated heterocycles. The van der Waals surface area contributed by atoms with Gasteiger partial charge in [0.2, 0.25) is 0 Å². The van der Waals surface area contributed by atoms with Crippen LogP contribution in [0, 0.1) is 0 Å². The van der Waals surface area contributed by atoms with Crippen LogP contribution in [0.25, 0.3) is 0 Å². The number of hydrogen-bond donors (Lipinski definition) is 1. The lowest BCUT2D eigenvalue weighted by atomic mass is 10.1. The van der Waals surface area contributed by atoms with E-state index in [0.29, 0.717) is 12.8 Å². The minimum atomic E-state index is -0.778. The molecule has 1 N–H and O–H groups in total. The standard InChI is InChI=1S/C53H84O5/c1-3-5-7-9-10-11-12-13-14-15-16-17-18-19-20-21-22-23-24-25-26-27-28-29-30-31-32-33-34-35-36-37-38-39-40-41-42-44-46-48-53(56)58-51(49-54)50-57-52(55)47-45-43-8-6-4-2/h5,7,10-11,13-14,16-17,19-20,22-23,25-26,28-29,31-32,34-35,51,54H,3-4,6,8-9,12,15,18,21,24,27,30,33,36-50H2,1-2H3/b7-5-,11-10-,14-13-,17-16-,20-19-,23-22-,26-25-,29-28-,32-31-,35-34-. The van der Waals surface area contributed by atoms with E-state index in [0.717, 1.165) is 109 Å². The molecule has 0 amide bonds. The molecule has 1 unspecified atom stereocenters. The minimum absolute atomic E-state index is 0.0759. The Hall–Kier alpha value is -3.70. The Labute approximate surface area is 356 Å². The molecule has 0 saturated carbocycles. The summed E-state index contributed by atoms with van der Waals surface area (Å²) in [4.78, 5) is 24.0. The number of allylic oxidation sites excluding steroid dienone is 20. The van der Waals surface area contributed by atoms with E-state index in [2.05, 4.69) is 135 Å². The van der Waals surface area contributed by atoms with Crippen LogP contribution in [0.5, 0.6) is 0 Å². The molecule has 0 radical (unpaired) electrons. The summed E-state index contributed by atoms with van der Waals surface area (Å²) in [6.45, 7) is 3.90. The van der Waals surface area contributed by atoms with Gasteiger partial charge in [-0.2, -0.15) is 0 Å². The highest BCUT2D eigenvalue weighted by Gasteiger charge is 2.16. The molecule has 1 atom stereocenters. The number of carbonyl (C=O) groups is 2. The summed E-state index contributed by atoms with van der Waals surface area (Å²) in [5, 5.41) is 9.49. The van der Waals surface area contributed by atoms with E-state index in [1.165, 1.54) is 44.9 Å². The summed E-state index contributed by atoms with van der Waals surface area (Å²) < 4.78 is 10.5. The fourth-order valence-corrected chi connectivity index (χ4v) is 5.82. The first-order valence-electron chi connectivity index (χ1n) is 23.1. The van der Waals surface area contributed by atoms with Gasteiger partial charge >= 0.3 is 11.9 Å². The van der Waals surface area contributed by atoms with Crippen molar-refractivity contribution in [2.45, 2.75) is 187 Å². The van der Waals surface area contributed by atoms with Gasteiger partial charge in [0.1, 0.15) is 6.61 Å². The highest BCUT2D eigenvalue weighted by molar-refractivity contribution is 5.70. The summed E-state index contributed by atoms with van der Waals surface area (Å²) in [7, 11) is 0. The van der Waals surface area contributed by atoms with E-state index in [4.69, 9.17) is 9.47 Å². The Morgan fingerprint density at radius 2 is 0.741 bits per heavy atom. The van der Waals surface area contributed by atoms with Gasteiger partial charge in [-0.1, -0.05) is 200 Å². The van der Waals surface area contributed by atoms with Crippen molar-refractivity contribution in [1.29, 1.82) is 0 Å². The van der Waals surface area contributed by atoms with Gasteiger partial charge in [0.25, 0.3) is 0 Å². The molecule has 0 bridgehead atoms. The quantitative estimate of drug-likeness (QED) is 0.0380. The zero-order valence-electron chi connectivity index (χ0n) is 37.0. The van der Waals surface area contributed by atoms with Crippen LogP contribution >= 0.6 is 0 Å². The van der Waals surface area contributed by atoms with Crippen molar-refractivity contribution in [3.8, 4) is 0 Å². The molecule has 0 aromatic rings. The molecule has 0 heterocycles. The molecule has 0 aliphatic carbocycles. The second kappa shape index (κ2) is 47.7. The van der Waals surface area contributed by atoms with E-state index < -0.39 is 6.10 Å². The molecule has 0 aliphatic heterocycles. The van der Waals surface area contributed by atoms with Crippen LogP contribution in [0.1, 0.15) is 181 Å². The van der Waals surface area contributed by atoms with Crippen molar-refractivity contribution < 1.29 is 24.2 Å². The average molecular weight is 801 g/mol. The lowest BCUT2D eigenvalue weighted by Crippen LogP contribution is -2.28. The number of ether oxygens (including phenoxy) is 2. The Morgan fingerprint density at radius 3 is 1.12 bits per heavy atom. The van der Waals surface area contributed by atoms with E-state index in [1.54, 1.807) is 0 Å². The molecular weight excluding hydrogens is 717 g/mol. The van der Waals surface area contributed by atoms with Gasteiger partial charge in [-0.25, -0.2) is 0 Å². The van der Waals surface area contributed by atoms with Gasteiger partial charge in [0.05, 0.1) is 6.61 Å². The SMILES string of the molecule is CC/C=C\C/C=C\C/C=C\C/C=C\C/C=C\C/C=C\C/C=C\C/C=C\C/C=C\C/C=C\CCCCCCCCCCC(=O)OC(CO)COC(=O)CCCCCCC. The van der Waals surface area contributed by atoms with Crippen LogP contribution in [-0.4, -0.2) is 36.4 Å². The van der Waals surface area contributed by atoms with Gasteiger partial charge in [0.15, 0.2) is 6.10 Å². The molecule has 0 spiro atoms. The van der Waals surface area contributed by atoms with Gasteiger partial charge in [-0.15, -0.1) is 0 Å². The maximum Gasteiger partial charge on any atom is 0.306 e. The van der Waals surface area contributed by atoms with E-state index in [-0.39, 0.29) is 25.2 Å². The normalized spacial score (nSPS) is 13.4. The van der Waals surface area contributed by atoms with Crippen molar-refractivity contribution in [2.75, 3.05) is 13.2 Å². The first-order chi connectivity index (χ1) is 28.6. The molecule has 0 aliphatic rings. The van der Waals surface area contributed by atoms with Gasteiger partial charge < -0.3 is 14.6 Å². The molecule has 326 valence electrons. The number of unbranched alkanes of at least 4 members (excludes halogenated alkanes) is 12. The third-order valence-corrected chi connectivity index (χ3v) is 9.27. The fraction of sp³-hybridized carbons (Fsp3) is 0.585. The number of aliphatic hydroxyl groups excluding tert-OH is 1. The van der Waals surface area contributed by atoms with Crippen molar-refractivity contribution in [3.63, 3.8) is 0 Å². The zero-order valence-corrected chi connectivity index (χ0v) is 37.0. The Balaban J connectivity index is 3.61. The van der Waals surface area contributed by atoms with E-state index >= 15 is 0 Å². The van der Waals surface area contributed by atoms with Crippen molar-refractivity contribution in [1.82, 2.24) is 0 Å². The van der Waals surface area contributed by atoms with Gasteiger partial charge in [-0.3, -0.25) is 9.59 Å². The molecule has 5 nitrogen and oxygen atoms in total. The Kier molecular flexibility index (Phi) is 44.6. The number of aliphatic hydroxyl groups is 1. The number of rotatable bonds is 40. The molecule has 0 aromatic carbocycles. The van der Waals surface area contributed by atoms with Crippen LogP contribution in [0.15, 0.2) is 122 Å². The maximum atomic E-state index is 12.1. The van der Waals surface area contributed by atoms with Crippen molar-refractivity contribution >= 4 is 11.9 Å². The molecule has 58 heavy (non-hydrogen) atoms. The summed E-state index contributed by atoms with van der Waals surface area (Å²) in [6, 6.07) is 0. The molecule has 0 aromatic heterocycles. The van der Waals surface area contributed by atoms with Crippen LogP contribution in [0.4, 0.5) is 0 Å². The van der Waals surface area contributed by atoms with Crippen molar-refractivity contribution in [2.24, 2.45) is 0 Å². The van der Waals surface area contributed by atoms with Crippen LogP contribution in [0.2, 0.25) is 0 Å². The van der Waals surface area contributed by atoms with Crippen LogP contribution in [-0.2, 0) is 19.1 Å². The second-order valence-corrected chi connectivity index (χ2v) is 14.8. The lowest BCUT2D eigenvalue weighted by Gasteiger charge is -2.15. The molecule has 5 heteroatoms. The summed E-state index contributed by atoms with van der Waals surface area (Å²) in [6.07, 6.45) is 70.4. The van der Waals surface area contributed by atoms with Crippen LogP contribution < -0.4 is 0 Å². The third kappa shape index (κ3) is 45.0. The van der Waals surface area contributed by atoms with E-state index in [1.807, 2.05) is 0 Å². The molecule has 0 fully saturated rings. The lowest BCUT2D eigenvalue weighted by molar-refractivity contribution is -0.161. The summed E-state index contributed by atoms with van der Waals surface area (Å²) >= 11 is 0. The monoisotopic (exact) mass is 801 g/mol.